The first-order chi connectivity index (χ1) is 11.7. The van der Waals surface area contributed by atoms with Crippen LogP contribution in [0.1, 0.15) is 83.5 Å². The molecule has 4 nitrogen and oxygen atoms in total. The molecule has 0 bridgehead atoms. The number of ether oxygens (including phenoxy) is 1. The van der Waals surface area contributed by atoms with Gasteiger partial charge >= 0.3 is 0 Å². The molecule has 2 heterocycles. The van der Waals surface area contributed by atoms with Crippen LogP contribution < -0.4 is 5.32 Å². The zero-order chi connectivity index (χ0) is 16.8. The molecule has 4 heteroatoms. The van der Waals surface area contributed by atoms with Crippen LogP contribution in [0.15, 0.2) is 0 Å². The number of rotatable bonds is 6. The molecule has 0 aromatic heterocycles. The van der Waals surface area contributed by atoms with Crippen molar-refractivity contribution in [2.24, 2.45) is 5.92 Å². The van der Waals surface area contributed by atoms with Gasteiger partial charge in [0.05, 0.1) is 12.2 Å². The number of ketones is 1. The Bertz CT molecular complexity index is 392. The molecule has 1 N–H and O–H groups in total. The maximum absolute atomic E-state index is 13.1. The summed E-state index contributed by atoms with van der Waals surface area (Å²) < 4.78 is 5.94. The molecular formula is C20H34NO3. The van der Waals surface area contributed by atoms with Crippen LogP contribution in [-0.4, -0.2) is 41.8 Å². The molecule has 0 amide bonds. The van der Waals surface area contributed by atoms with E-state index >= 15 is 0 Å². The average Bonchev–Trinajstić information content (AvgIpc) is 2.97. The molecule has 0 spiro atoms. The Morgan fingerprint density at radius 1 is 1.08 bits per heavy atom. The summed E-state index contributed by atoms with van der Waals surface area (Å²) in [6.07, 6.45) is 13.1. The van der Waals surface area contributed by atoms with E-state index < -0.39 is 11.6 Å². The first kappa shape index (κ1) is 18.3. The van der Waals surface area contributed by atoms with Gasteiger partial charge in [-0.3, -0.25) is 4.79 Å². The molecule has 0 aromatic carbocycles. The quantitative estimate of drug-likeness (QED) is 0.757. The number of hydrogen-bond acceptors (Lipinski definition) is 3. The number of Topliss-reactive ketones (excluding diaryl/α,β-unsaturated/α-hetero) is 1. The first-order valence-electron chi connectivity index (χ1n) is 10.2. The third-order valence-electron chi connectivity index (χ3n) is 6.31. The van der Waals surface area contributed by atoms with Crippen molar-refractivity contribution in [1.29, 1.82) is 0 Å². The van der Waals surface area contributed by atoms with E-state index in [1.165, 1.54) is 38.5 Å². The molecule has 0 aromatic rings. The van der Waals surface area contributed by atoms with Crippen molar-refractivity contribution in [3.05, 3.63) is 0 Å². The second-order valence-corrected chi connectivity index (χ2v) is 8.14. The highest BCUT2D eigenvalue weighted by molar-refractivity contribution is 5.90. The van der Waals surface area contributed by atoms with E-state index in [2.05, 4.69) is 0 Å². The van der Waals surface area contributed by atoms with Gasteiger partial charge in [-0.05, 0) is 44.4 Å². The molecular weight excluding hydrogens is 302 g/mol. The largest absolute Gasteiger partial charge is 0.393 e. The van der Waals surface area contributed by atoms with E-state index in [4.69, 9.17) is 10.1 Å². The highest BCUT2D eigenvalue weighted by atomic mass is 16.5. The van der Waals surface area contributed by atoms with Crippen LogP contribution in [0.5, 0.6) is 0 Å². The molecule has 137 valence electrons. The summed E-state index contributed by atoms with van der Waals surface area (Å²) in [4.78, 5) is 13.1. The monoisotopic (exact) mass is 336 g/mol. The van der Waals surface area contributed by atoms with E-state index in [1.807, 2.05) is 0 Å². The van der Waals surface area contributed by atoms with Gasteiger partial charge in [-0.1, -0.05) is 38.5 Å². The van der Waals surface area contributed by atoms with Crippen molar-refractivity contribution < 1.29 is 14.6 Å². The minimum atomic E-state index is -0.648. The van der Waals surface area contributed by atoms with Gasteiger partial charge in [0.1, 0.15) is 5.54 Å². The van der Waals surface area contributed by atoms with Crippen LogP contribution in [0.25, 0.3) is 0 Å². The Balaban J connectivity index is 1.56. The van der Waals surface area contributed by atoms with Crippen LogP contribution in [0.2, 0.25) is 0 Å². The lowest BCUT2D eigenvalue weighted by Crippen LogP contribution is -2.56. The Labute approximate surface area is 146 Å². The van der Waals surface area contributed by atoms with E-state index in [-0.39, 0.29) is 18.3 Å². The number of carbonyl (C=O) groups is 1. The fraction of sp³-hybridized carbons (Fsp3) is 0.950. The fourth-order valence-corrected chi connectivity index (χ4v) is 4.95. The molecule has 1 unspecified atom stereocenters. The predicted molar refractivity (Wildman–Crippen MR) is 94.0 cm³/mol. The van der Waals surface area contributed by atoms with Crippen LogP contribution in [0, 0.1) is 5.92 Å². The van der Waals surface area contributed by atoms with Crippen molar-refractivity contribution in [3.8, 4) is 0 Å². The Kier molecular flexibility index (Phi) is 6.71. The smallest absolute Gasteiger partial charge is 0.159 e. The lowest BCUT2D eigenvalue weighted by molar-refractivity contribution is -0.136. The summed E-state index contributed by atoms with van der Waals surface area (Å²) >= 11 is 0. The Hall–Kier alpha value is -0.450. The highest BCUT2D eigenvalue weighted by Crippen LogP contribution is 2.35. The van der Waals surface area contributed by atoms with E-state index in [0.29, 0.717) is 5.92 Å². The Morgan fingerprint density at radius 2 is 1.83 bits per heavy atom. The standard InChI is InChI=1S/C20H34NO3/c22-17(14-16-8-3-1-2-4-9-16)15-18(23)20(11-7-12-21-20)19-10-5-6-13-24-19/h16-17,19,22H,1-15H2/t17?,19-,20-/m0/s1. The molecule has 1 saturated carbocycles. The van der Waals surface area contributed by atoms with Gasteiger partial charge in [0.15, 0.2) is 5.78 Å². The SMILES string of the molecule is O=C(CC(O)CC1CCCCCC1)[C@]1([C@@H]2CCCCO2)CCC[N]1. The topological polar surface area (TPSA) is 60.6 Å². The molecule has 3 rings (SSSR count). The fourth-order valence-electron chi connectivity index (χ4n) is 4.95. The summed E-state index contributed by atoms with van der Waals surface area (Å²) in [5.74, 6) is 0.728. The minimum Gasteiger partial charge on any atom is -0.393 e. The molecule has 1 aliphatic carbocycles. The second kappa shape index (κ2) is 8.77. The van der Waals surface area contributed by atoms with Crippen LogP contribution in [0.4, 0.5) is 0 Å². The number of aliphatic hydroxyl groups is 1. The molecule has 24 heavy (non-hydrogen) atoms. The third-order valence-corrected chi connectivity index (χ3v) is 6.31. The van der Waals surface area contributed by atoms with Crippen LogP contribution in [0.3, 0.4) is 0 Å². The summed E-state index contributed by atoms with van der Waals surface area (Å²) in [6.45, 7) is 1.52. The predicted octanol–water partition coefficient (Wildman–Crippen LogP) is 3.37. The lowest BCUT2D eigenvalue weighted by Gasteiger charge is -2.38. The zero-order valence-electron chi connectivity index (χ0n) is 15.0. The van der Waals surface area contributed by atoms with Gasteiger partial charge < -0.3 is 9.84 Å². The van der Waals surface area contributed by atoms with Gasteiger partial charge in [-0.25, -0.2) is 5.32 Å². The van der Waals surface area contributed by atoms with E-state index in [9.17, 15) is 9.90 Å². The Morgan fingerprint density at radius 3 is 2.46 bits per heavy atom. The molecule has 2 aliphatic heterocycles. The normalized spacial score (nSPS) is 34.0. The minimum absolute atomic E-state index is 0.0497. The van der Waals surface area contributed by atoms with Crippen molar-refractivity contribution in [1.82, 2.24) is 5.32 Å². The summed E-state index contributed by atoms with van der Waals surface area (Å²) in [7, 11) is 0. The zero-order valence-corrected chi connectivity index (χ0v) is 15.0. The maximum Gasteiger partial charge on any atom is 0.159 e. The first-order valence-corrected chi connectivity index (χ1v) is 10.2. The van der Waals surface area contributed by atoms with Crippen molar-refractivity contribution in [3.63, 3.8) is 0 Å². The van der Waals surface area contributed by atoms with Gasteiger partial charge in [-0.15, -0.1) is 0 Å². The average molecular weight is 336 g/mol. The summed E-state index contributed by atoms with van der Waals surface area (Å²) in [5, 5.41) is 15.3. The lowest BCUT2D eigenvalue weighted by atomic mass is 9.79. The number of carbonyl (C=O) groups excluding carboxylic acids is 1. The van der Waals surface area contributed by atoms with Crippen molar-refractivity contribution in [2.75, 3.05) is 13.2 Å². The molecule has 3 aliphatic rings. The second-order valence-electron chi connectivity index (χ2n) is 8.14. The molecule has 1 radical (unpaired) electrons. The molecule has 2 saturated heterocycles. The third kappa shape index (κ3) is 4.39. The number of aliphatic hydroxyl groups excluding tert-OH is 1. The van der Waals surface area contributed by atoms with Crippen LogP contribution >= 0.6 is 0 Å². The summed E-state index contributed by atoms with van der Waals surface area (Å²) in [5.41, 5.74) is -0.648. The van der Waals surface area contributed by atoms with Gasteiger partial charge in [0.25, 0.3) is 0 Å². The van der Waals surface area contributed by atoms with Crippen LogP contribution in [-0.2, 0) is 9.53 Å². The van der Waals surface area contributed by atoms with Crippen molar-refractivity contribution >= 4 is 5.78 Å². The van der Waals surface area contributed by atoms with Gasteiger partial charge in [0.2, 0.25) is 0 Å². The highest BCUT2D eigenvalue weighted by Gasteiger charge is 2.49. The van der Waals surface area contributed by atoms with E-state index in [0.717, 1.165) is 51.7 Å². The maximum atomic E-state index is 13.1. The van der Waals surface area contributed by atoms with Gasteiger partial charge in [-0.2, -0.15) is 0 Å². The van der Waals surface area contributed by atoms with Crippen molar-refractivity contribution in [2.45, 2.75) is 101 Å². The summed E-state index contributed by atoms with van der Waals surface area (Å²) in [6, 6.07) is 0. The van der Waals surface area contributed by atoms with E-state index in [1.54, 1.807) is 0 Å². The number of hydrogen-bond donors (Lipinski definition) is 1. The number of nitrogens with zero attached hydrogens (tertiary/aromatic N) is 1. The molecule has 3 atom stereocenters. The molecule has 3 fully saturated rings. The van der Waals surface area contributed by atoms with Gasteiger partial charge in [0, 0.05) is 19.6 Å².